The second-order valence-corrected chi connectivity index (χ2v) is 4.83. The molecule has 0 amide bonds. The van der Waals surface area contributed by atoms with Crippen LogP contribution in [-0.2, 0) is 17.1 Å². The van der Waals surface area contributed by atoms with Crippen molar-refractivity contribution < 1.29 is 8.42 Å². The number of nitrogens with two attached hydrogens (primary N) is 1. The Morgan fingerprint density at radius 1 is 1.64 bits per heavy atom. The minimum atomic E-state index is -3.29. The molecule has 0 unspecified atom stereocenters. The van der Waals surface area contributed by atoms with Crippen LogP contribution in [-0.4, -0.2) is 24.0 Å². The highest BCUT2D eigenvalue weighted by Crippen LogP contribution is 2.17. The molecule has 0 atom stereocenters. The largest absolute Gasteiger partial charge is 0.394 e. The van der Waals surface area contributed by atoms with Gasteiger partial charge < -0.3 is 5.73 Å². The molecule has 6 nitrogen and oxygen atoms in total. The number of sulfonamides is 1. The lowest BCUT2D eigenvalue weighted by atomic mass is 10.5. The number of rotatable bonds is 4. The normalized spacial score (nSPS) is 11.6. The third-order valence-electron chi connectivity index (χ3n) is 1.69. The second-order valence-electron chi connectivity index (χ2n) is 2.99. The van der Waals surface area contributed by atoms with Crippen molar-refractivity contribution in [3.63, 3.8) is 0 Å². The Hall–Kier alpha value is -1.24. The molecular formula is C7H14N4O2S. The van der Waals surface area contributed by atoms with E-state index in [0.29, 0.717) is 17.9 Å². The average molecular weight is 218 g/mol. The second kappa shape index (κ2) is 3.87. The van der Waals surface area contributed by atoms with Crippen molar-refractivity contribution in [1.82, 2.24) is 9.78 Å². The fraction of sp³-hybridized carbons (Fsp3) is 0.571. The van der Waals surface area contributed by atoms with Crippen molar-refractivity contribution >= 4 is 21.5 Å². The minimum absolute atomic E-state index is 0.0810. The molecule has 0 aliphatic heterocycles. The summed E-state index contributed by atoms with van der Waals surface area (Å²) in [6, 6.07) is 0. The van der Waals surface area contributed by atoms with Crippen molar-refractivity contribution in [1.29, 1.82) is 0 Å². The minimum Gasteiger partial charge on any atom is -0.394 e. The Morgan fingerprint density at radius 3 is 2.71 bits per heavy atom. The maximum absolute atomic E-state index is 11.4. The summed E-state index contributed by atoms with van der Waals surface area (Å²) in [4.78, 5) is 0. The average Bonchev–Trinajstić information content (AvgIpc) is 2.35. The quantitative estimate of drug-likeness (QED) is 0.753. The van der Waals surface area contributed by atoms with E-state index in [4.69, 9.17) is 5.73 Å². The molecule has 0 saturated carbocycles. The molecular weight excluding hydrogens is 204 g/mol. The van der Waals surface area contributed by atoms with Crippen LogP contribution in [0.4, 0.5) is 11.5 Å². The van der Waals surface area contributed by atoms with Gasteiger partial charge in [0, 0.05) is 7.05 Å². The van der Waals surface area contributed by atoms with Gasteiger partial charge in [0.1, 0.15) is 0 Å². The van der Waals surface area contributed by atoms with Gasteiger partial charge in [0.2, 0.25) is 10.0 Å². The molecule has 7 heteroatoms. The first kappa shape index (κ1) is 10.8. The van der Waals surface area contributed by atoms with Gasteiger partial charge in [0.25, 0.3) is 0 Å². The first-order valence-corrected chi connectivity index (χ1v) is 5.89. The van der Waals surface area contributed by atoms with E-state index in [9.17, 15) is 8.42 Å². The first-order valence-electron chi connectivity index (χ1n) is 4.24. The Bertz CT molecular complexity index is 390. The SMILES string of the molecule is CCCS(=O)(=O)Nc1c(N)cnn1C. The predicted molar refractivity (Wildman–Crippen MR) is 55.3 cm³/mol. The summed E-state index contributed by atoms with van der Waals surface area (Å²) in [5.41, 5.74) is 5.86. The van der Waals surface area contributed by atoms with E-state index in [2.05, 4.69) is 9.82 Å². The van der Waals surface area contributed by atoms with Gasteiger partial charge in [-0.2, -0.15) is 5.10 Å². The number of nitrogens with zero attached hydrogens (tertiary/aromatic N) is 2. The highest BCUT2D eigenvalue weighted by atomic mass is 32.2. The number of anilines is 2. The van der Waals surface area contributed by atoms with E-state index in [1.165, 1.54) is 10.9 Å². The van der Waals surface area contributed by atoms with Crippen molar-refractivity contribution in [2.24, 2.45) is 7.05 Å². The highest BCUT2D eigenvalue weighted by Gasteiger charge is 2.13. The van der Waals surface area contributed by atoms with Crippen molar-refractivity contribution in [3.8, 4) is 0 Å². The summed E-state index contributed by atoms with van der Waals surface area (Å²) >= 11 is 0. The van der Waals surface area contributed by atoms with E-state index in [1.807, 2.05) is 0 Å². The molecule has 80 valence electrons. The standard InChI is InChI=1S/C7H14N4O2S/c1-3-4-14(12,13)10-7-6(8)5-9-11(7)2/h5,10H,3-4,8H2,1-2H3. The number of aryl methyl sites for hydroxylation is 1. The number of nitrogen functional groups attached to an aromatic ring is 1. The van der Waals surface area contributed by atoms with Gasteiger partial charge >= 0.3 is 0 Å². The number of hydrogen-bond acceptors (Lipinski definition) is 4. The Balaban J connectivity index is 2.89. The fourth-order valence-electron chi connectivity index (χ4n) is 1.05. The molecule has 0 spiro atoms. The van der Waals surface area contributed by atoms with E-state index in [0.717, 1.165) is 0 Å². The zero-order chi connectivity index (χ0) is 10.8. The molecule has 0 bridgehead atoms. The smallest absolute Gasteiger partial charge is 0.233 e. The predicted octanol–water partition coefficient (Wildman–Crippen LogP) is 0.154. The molecule has 0 fully saturated rings. The number of nitrogens with one attached hydrogen (secondary N) is 1. The maximum Gasteiger partial charge on any atom is 0.233 e. The van der Waals surface area contributed by atoms with Crippen molar-refractivity contribution in [2.45, 2.75) is 13.3 Å². The third kappa shape index (κ3) is 2.38. The lowest BCUT2D eigenvalue weighted by Gasteiger charge is -2.07. The van der Waals surface area contributed by atoms with Gasteiger partial charge in [-0.15, -0.1) is 0 Å². The van der Waals surface area contributed by atoms with Crippen LogP contribution in [0.2, 0.25) is 0 Å². The van der Waals surface area contributed by atoms with Crippen LogP contribution in [0.3, 0.4) is 0 Å². The lowest BCUT2D eigenvalue weighted by Crippen LogP contribution is -2.18. The molecule has 1 rings (SSSR count). The number of aromatic nitrogens is 2. The summed E-state index contributed by atoms with van der Waals surface area (Å²) < 4.78 is 26.6. The monoisotopic (exact) mass is 218 g/mol. The number of hydrogen-bond donors (Lipinski definition) is 2. The first-order chi connectivity index (χ1) is 6.46. The van der Waals surface area contributed by atoms with E-state index < -0.39 is 10.0 Å². The molecule has 0 aliphatic rings. The molecule has 1 aromatic rings. The van der Waals surface area contributed by atoms with Gasteiger partial charge in [-0.3, -0.25) is 9.40 Å². The molecule has 0 radical (unpaired) electrons. The van der Waals surface area contributed by atoms with Crippen LogP contribution in [0, 0.1) is 0 Å². The summed E-state index contributed by atoms with van der Waals surface area (Å²) in [6.45, 7) is 1.80. The van der Waals surface area contributed by atoms with E-state index in [1.54, 1.807) is 14.0 Å². The summed E-state index contributed by atoms with van der Waals surface area (Å²) in [7, 11) is -1.67. The van der Waals surface area contributed by atoms with Crippen molar-refractivity contribution in [2.75, 3.05) is 16.2 Å². The van der Waals surface area contributed by atoms with Gasteiger partial charge in [-0.05, 0) is 6.42 Å². The van der Waals surface area contributed by atoms with Gasteiger partial charge in [-0.1, -0.05) is 6.92 Å². The molecule has 0 saturated heterocycles. The topological polar surface area (TPSA) is 90.0 Å². The third-order valence-corrected chi connectivity index (χ3v) is 3.14. The Labute approximate surface area is 83.1 Å². The molecule has 0 aliphatic carbocycles. The molecule has 1 aromatic heterocycles. The molecule has 14 heavy (non-hydrogen) atoms. The lowest BCUT2D eigenvalue weighted by molar-refractivity contribution is 0.599. The zero-order valence-electron chi connectivity index (χ0n) is 8.19. The summed E-state index contributed by atoms with van der Waals surface area (Å²) in [6.07, 6.45) is 1.97. The van der Waals surface area contributed by atoms with Crippen LogP contribution in [0.5, 0.6) is 0 Å². The molecule has 1 heterocycles. The maximum atomic E-state index is 11.4. The zero-order valence-corrected chi connectivity index (χ0v) is 9.00. The van der Waals surface area contributed by atoms with Crippen LogP contribution < -0.4 is 10.5 Å². The van der Waals surface area contributed by atoms with Gasteiger partial charge in [-0.25, -0.2) is 8.42 Å². The van der Waals surface area contributed by atoms with Crippen LogP contribution in [0.15, 0.2) is 6.20 Å². The Kier molecular flexibility index (Phi) is 3.00. The summed E-state index contributed by atoms with van der Waals surface area (Å²) in [5.74, 6) is 0.399. The summed E-state index contributed by atoms with van der Waals surface area (Å²) in [5, 5.41) is 3.83. The van der Waals surface area contributed by atoms with Gasteiger partial charge in [0.05, 0.1) is 17.6 Å². The van der Waals surface area contributed by atoms with Crippen LogP contribution in [0.1, 0.15) is 13.3 Å². The van der Waals surface area contributed by atoms with Crippen LogP contribution >= 0.6 is 0 Å². The fourth-order valence-corrected chi connectivity index (χ4v) is 2.23. The Morgan fingerprint density at radius 2 is 2.29 bits per heavy atom. The molecule has 3 N–H and O–H groups in total. The molecule has 0 aromatic carbocycles. The highest BCUT2D eigenvalue weighted by molar-refractivity contribution is 7.92. The van der Waals surface area contributed by atoms with E-state index in [-0.39, 0.29) is 5.75 Å². The van der Waals surface area contributed by atoms with Gasteiger partial charge in [0.15, 0.2) is 5.82 Å². The van der Waals surface area contributed by atoms with Crippen molar-refractivity contribution in [3.05, 3.63) is 6.20 Å². The van der Waals surface area contributed by atoms with E-state index >= 15 is 0 Å². The van der Waals surface area contributed by atoms with Crippen LogP contribution in [0.25, 0.3) is 0 Å².